The number of nitrogens with zero attached hydrogens (tertiary/aromatic N) is 1. The molecule has 0 unspecified atom stereocenters. The maximum atomic E-state index is 13.5. The van der Waals surface area contributed by atoms with E-state index >= 15 is 0 Å². The maximum absolute atomic E-state index is 13.5. The number of hydrogen-bond donors (Lipinski definition) is 3. The number of hydrogen-bond acceptors (Lipinski definition) is 7. The number of fused-ring (bicyclic) bond motifs is 1. The molecule has 10 nitrogen and oxygen atoms in total. The maximum Gasteiger partial charge on any atom is 0.407 e. The molecule has 5 rings (SSSR count). The quantitative estimate of drug-likeness (QED) is 0.394. The van der Waals surface area contributed by atoms with E-state index in [1.165, 1.54) is 6.42 Å². The van der Waals surface area contributed by atoms with Crippen LogP contribution in [0.1, 0.15) is 113 Å². The van der Waals surface area contributed by atoms with Crippen LogP contribution in [0.3, 0.4) is 0 Å². The summed E-state index contributed by atoms with van der Waals surface area (Å²) in [5, 5.41) is 9.37. The Hall–Kier alpha value is -2.98. The number of benzene rings is 1. The number of carbonyl (C=O) groups is 4. The standard InChI is InChI=1S/C32H46N4O6/c1-32(2,3)42-31(40)34-22-12-10-21(11-13-22)33-26(14-9-20-6-5-17-41-19-20)23-7-4-8-24-25(23)18-36(30(24)39)27-15-16-28(37)35-29(27)38/h4,7-8,20-22,26-27,33H,5-6,9-19H2,1-3H3,(H,34,40)(H,35,37,38)/t20-,21?,22?,26+,27+/m0/s1. The first kappa shape index (κ1) is 30.5. The zero-order valence-corrected chi connectivity index (χ0v) is 25.2. The Morgan fingerprint density at radius 3 is 2.55 bits per heavy atom. The number of imide groups is 1. The second-order valence-corrected chi connectivity index (χ2v) is 13.3. The highest BCUT2D eigenvalue weighted by Crippen LogP contribution is 2.36. The van der Waals surface area contributed by atoms with Gasteiger partial charge in [-0.1, -0.05) is 12.1 Å². The molecule has 0 aromatic heterocycles. The predicted octanol–water partition coefficient (Wildman–Crippen LogP) is 4.12. The van der Waals surface area contributed by atoms with E-state index in [0.717, 1.165) is 69.3 Å². The summed E-state index contributed by atoms with van der Waals surface area (Å²) >= 11 is 0. The van der Waals surface area contributed by atoms with E-state index in [0.29, 0.717) is 24.4 Å². The van der Waals surface area contributed by atoms with Crippen LogP contribution in [0.4, 0.5) is 4.79 Å². The lowest BCUT2D eigenvalue weighted by Crippen LogP contribution is -2.52. The molecule has 4 aliphatic rings. The molecule has 3 aliphatic heterocycles. The van der Waals surface area contributed by atoms with Crippen molar-refractivity contribution in [2.75, 3.05) is 13.2 Å². The largest absolute Gasteiger partial charge is 0.444 e. The van der Waals surface area contributed by atoms with Crippen molar-refractivity contribution in [3.63, 3.8) is 0 Å². The minimum absolute atomic E-state index is 0.0525. The number of piperidine rings is 1. The summed E-state index contributed by atoms with van der Waals surface area (Å²) in [5.74, 6) is -0.296. The molecule has 230 valence electrons. The minimum atomic E-state index is -0.631. The van der Waals surface area contributed by atoms with E-state index in [4.69, 9.17) is 9.47 Å². The summed E-state index contributed by atoms with van der Waals surface area (Å²) in [6.45, 7) is 7.60. The van der Waals surface area contributed by atoms with Gasteiger partial charge >= 0.3 is 6.09 Å². The van der Waals surface area contributed by atoms with E-state index in [9.17, 15) is 19.2 Å². The third-order valence-corrected chi connectivity index (χ3v) is 9.00. The molecule has 0 radical (unpaired) electrons. The fraction of sp³-hybridized carbons (Fsp3) is 0.688. The van der Waals surface area contributed by atoms with Crippen molar-refractivity contribution >= 4 is 23.8 Å². The average molecular weight is 583 g/mol. The first-order valence-corrected chi connectivity index (χ1v) is 15.7. The van der Waals surface area contributed by atoms with Gasteiger partial charge in [-0.15, -0.1) is 0 Å². The van der Waals surface area contributed by atoms with Gasteiger partial charge in [-0.25, -0.2) is 4.79 Å². The highest BCUT2D eigenvalue weighted by molar-refractivity contribution is 6.05. The molecule has 1 aromatic rings. The molecule has 2 saturated heterocycles. The van der Waals surface area contributed by atoms with Crippen LogP contribution in [-0.4, -0.2) is 65.7 Å². The van der Waals surface area contributed by atoms with Gasteiger partial charge in [0.1, 0.15) is 11.6 Å². The smallest absolute Gasteiger partial charge is 0.407 e. The molecule has 1 saturated carbocycles. The number of ether oxygens (including phenoxy) is 2. The van der Waals surface area contributed by atoms with Gasteiger partial charge < -0.3 is 25.0 Å². The van der Waals surface area contributed by atoms with Crippen molar-refractivity contribution in [3.05, 3.63) is 34.9 Å². The number of carbonyl (C=O) groups excluding carboxylic acids is 4. The van der Waals surface area contributed by atoms with Crippen LogP contribution < -0.4 is 16.0 Å². The van der Waals surface area contributed by atoms with Gasteiger partial charge in [0.05, 0.1) is 0 Å². The van der Waals surface area contributed by atoms with Crippen LogP contribution in [0.5, 0.6) is 0 Å². The van der Waals surface area contributed by atoms with Gasteiger partial charge in [-0.3, -0.25) is 19.7 Å². The fourth-order valence-electron chi connectivity index (χ4n) is 6.87. The molecule has 10 heteroatoms. The van der Waals surface area contributed by atoms with E-state index in [2.05, 4.69) is 22.0 Å². The number of alkyl carbamates (subject to hydrolysis) is 1. The second kappa shape index (κ2) is 13.1. The summed E-state index contributed by atoms with van der Waals surface area (Å²) in [7, 11) is 0. The molecule has 0 bridgehead atoms. The monoisotopic (exact) mass is 582 g/mol. The van der Waals surface area contributed by atoms with Gasteiger partial charge in [-0.05, 0) is 102 Å². The zero-order chi connectivity index (χ0) is 29.9. The lowest BCUT2D eigenvalue weighted by molar-refractivity contribution is -0.136. The number of amides is 4. The van der Waals surface area contributed by atoms with Crippen molar-refractivity contribution in [2.45, 2.75) is 121 Å². The van der Waals surface area contributed by atoms with Crippen LogP contribution in [0.15, 0.2) is 18.2 Å². The average Bonchev–Trinajstić information content (AvgIpc) is 3.27. The molecule has 1 aromatic carbocycles. The molecule has 4 amide bonds. The summed E-state index contributed by atoms with van der Waals surface area (Å²) in [6, 6.07) is 5.72. The first-order chi connectivity index (χ1) is 20.1. The lowest BCUT2D eigenvalue weighted by atomic mass is 9.86. The van der Waals surface area contributed by atoms with E-state index < -0.39 is 17.6 Å². The predicted molar refractivity (Wildman–Crippen MR) is 157 cm³/mol. The normalized spacial score (nSPS) is 27.3. The molecule has 42 heavy (non-hydrogen) atoms. The topological polar surface area (TPSA) is 126 Å². The Bertz CT molecular complexity index is 1170. The summed E-state index contributed by atoms with van der Waals surface area (Å²) in [6.07, 6.45) is 8.04. The van der Waals surface area contributed by atoms with Crippen LogP contribution >= 0.6 is 0 Å². The lowest BCUT2D eigenvalue weighted by Gasteiger charge is -2.34. The van der Waals surface area contributed by atoms with E-state index in [1.54, 1.807) is 4.90 Å². The zero-order valence-electron chi connectivity index (χ0n) is 25.2. The molecular weight excluding hydrogens is 536 g/mol. The fourth-order valence-corrected chi connectivity index (χ4v) is 6.87. The van der Waals surface area contributed by atoms with Crippen LogP contribution in [0.2, 0.25) is 0 Å². The minimum Gasteiger partial charge on any atom is -0.444 e. The van der Waals surface area contributed by atoms with Gasteiger partial charge in [0, 0.05) is 49.9 Å². The first-order valence-electron chi connectivity index (χ1n) is 15.7. The van der Waals surface area contributed by atoms with E-state index in [-0.39, 0.29) is 42.5 Å². The Labute approximate surface area is 248 Å². The van der Waals surface area contributed by atoms with Crippen molar-refractivity contribution in [1.82, 2.24) is 20.9 Å². The summed E-state index contributed by atoms with van der Waals surface area (Å²) in [5.41, 5.74) is 2.21. The van der Waals surface area contributed by atoms with Gasteiger partial charge in [0.15, 0.2) is 0 Å². The number of nitrogens with one attached hydrogen (secondary N) is 3. The summed E-state index contributed by atoms with van der Waals surface area (Å²) in [4.78, 5) is 51.7. The molecule has 3 atom stereocenters. The molecule has 3 N–H and O–H groups in total. The molecular formula is C32H46N4O6. The van der Waals surface area contributed by atoms with Gasteiger partial charge in [0.25, 0.3) is 5.91 Å². The van der Waals surface area contributed by atoms with Crippen molar-refractivity contribution < 1.29 is 28.7 Å². The van der Waals surface area contributed by atoms with E-state index in [1.807, 2.05) is 32.9 Å². The third kappa shape index (κ3) is 7.50. The Morgan fingerprint density at radius 1 is 1.10 bits per heavy atom. The SMILES string of the molecule is CC(C)(C)OC(=O)NC1CCC(N[C@H](CC[C@@H]2CCCOC2)c2cccc3c2CN([C@@H]2CCC(=O)NC2=O)C3=O)CC1. The highest BCUT2D eigenvalue weighted by atomic mass is 16.6. The Morgan fingerprint density at radius 2 is 1.86 bits per heavy atom. The van der Waals surface area contributed by atoms with Crippen molar-refractivity contribution in [3.8, 4) is 0 Å². The van der Waals surface area contributed by atoms with Crippen LogP contribution in [0, 0.1) is 5.92 Å². The molecule has 3 fully saturated rings. The van der Waals surface area contributed by atoms with Crippen molar-refractivity contribution in [1.29, 1.82) is 0 Å². The highest BCUT2D eigenvalue weighted by Gasteiger charge is 2.40. The number of rotatable bonds is 8. The third-order valence-electron chi connectivity index (χ3n) is 9.00. The second-order valence-electron chi connectivity index (χ2n) is 13.3. The van der Waals surface area contributed by atoms with Gasteiger partial charge in [-0.2, -0.15) is 0 Å². The molecule has 1 aliphatic carbocycles. The van der Waals surface area contributed by atoms with Gasteiger partial charge in [0.2, 0.25) is 11.8 Å². The molecule has 3 heterocycles. The van der Waals surface area contributed by atoms with Crippen LogP contribution in [-0.2, 0) is 25.6 Å². The van der Waals surface area contributed by atoms with Crippen molar-refractivity contribution in [2.24, 2.45) is 5.92 Å². The Balaban J connectivity index is 1.28. The summed E-state index contributed by atoms with van der Waals surface area (Å²) < 4.78 is 11.2. The Kier molecular flexibility index (Phi) is 9.52. The molecule has 0 spiro atoms. The van der Waals surface area contributed by atoms with Crippen LogP contribution in [0.25, 0.3) is 0 Å².